The Balaban J connectivity index is 2.35. The number of carbonyl (C=O) groups excluding carboxylic acids is 2. The van der Waals surface area contributed by atoms with Crippen LogP contribution in [-0.4, -0.2) is 22.6 Å². The van der Waals surface area contributed by atoms with Crippen molar-refractivity contribution < 1.29 is 19.5 Å². The molecular weight excluding hydrogens is 258 g/mol. The minimum atomic E-state index is -1.15. The number of hydrogen-bond acceptors (Lipinski definition) is 4. The van der Waals surface area contributed by atoms with Gasteiger partial charge in [0.1, 0.15) is 0 Å². The number of rotatable bonds is 4. The van der Waals surface area contributed by atoms with Crippen LogP contribution < -0.4 is 5.73 Å². The van der Waals surface area contributed by atoms with Crippen molar-refractivity contribution in [2.24, 2.45) is 0 Å². The molecule has 0 saturated carbocycles. The average molecular weight is 269 g/mol. The average Bonchev–Trinajstić information content (AvgIpc) is 2.46. The molecule has 0 atom stereocenters. The van der Waals surface area contributed by atoms with E-state index in [9.17, 15) is 14.4 Å². The number of carbonyl (C=O) groups is 3. The number of benzene rings is 2. The highest BCUT2D eigenvalue weighted by atomic mass is 16.4. The Bertz CT molecular complexity index is 692. The van der Waals surface area contributed by atoms with Crippen LogP contribution in [0.1, 0.15) is 31.1 Å². The molecule has 3 N–H and O–H groups in total. The maximum absolute atomic E-state index is 12.1. The number of nitrogens with two attached hydrogens (primary N) is 1. The SMILES string of the molecule is Nc1cc(C(=O)O)ccc1C(=O)C(=O)c1ccccc1. The summed E-state index contributed by atoms with van der Waals surface area (Å²) in [7, 11) is 0. The molecule has 0 amide bonds. The Morgan fingerprint density at radius 3 is 2.05 bits per heavy atom. The third-order valence-corrected chi connectivity index (χ3v) is 2.79. The van der Waals surface area contributed by atoms with Gasteiger partial charge in [-0.15, -0.1) is 0 Å². The Morgan fingerprint density at radius 1 is 0.850 bits per heavy atom. The molecule has 0 unspecified atom stereocenters. The Kier molecular flexibility index (Phi) is 3.61. The van der Waals surface area contributed by atoms with E-state index >= 15 is 0 Å². The zero-order valence-corrected chi connectivity index (χ0v) is 10.4. The molecule has 2 rings (SSSR count). The van der Waals surface area contributed by atoms with Gasteiger partial charge in [-0.2, -0.15) is 0 Å². The van der Waals surface area contributed by atoms with Crippen molar-refractivity contribution in [2.75, 3.05) is 5.73 Å². The Hall–Kier alpha value is -2.95. The van der Waals surface area contributed by atoms with E-state index in [1.54, 1.807) is 18.2 Å². The van der Waals surface area contributed by atoms with Gasteiger partial charge in [0, 0.05) is 16.8 Å². The van der Waals surface area contributed by atoms with Crippen molar-refractivity contribution in [2.45, 2.75) is 0 Å². The first-order chi connectivity index (χ1) is 9.50. The summed E-state index contributed by atoms with van der Waals surface area (Å²) in [6, 6.07) is 11.7. The van der Waals surface area contributed by atoms with E-state index < -0.39 is 17.5 Å². The summed E-state index contributed by atoms with van der Waals surface area (Å²) >= 11 is 0. The summed E-state index contributed by atoms with van der Waals surface area (Å²) in [6.45, 7) is 0. The topological polar surface area (TPSA) is 97.5 Å². The van der Waals surface area contributed by atoms with Gasteiger partial charge in [0.15, 0.2) is 0 Å². The third kappa shape index (κ3) is 2.56. The van der Waals surface area contributed by atoms with E-state index in [4.69, 9.17) is 10.8 Å². The van der Waals surface area contributed by atoms with Crippen LogP contribution in [0.4, 0.5) is 5.69 Å². The van der Waals surface area contributed by atoms with Gasteiger partial charge in [0.25, 0.3) is 0 Å². The number of anilines is 1. The molecule has 0 heterocycles. The summed E-state index contributed by atoms with van der Waals surface area (Å²) in [4.78, 5) is 34.8. The fourth-order valence-electron chi connectivity index (χ4n) is 1.75. The molecule has 2 aromatic carbocycles. The van der Waals surface area contributed by atoms with Crippen LogP contribution in [0.15, 0.2) is 48.5 Å². The quantitative estimate of drug-likeness (QED) is 0.503. The number of ketones is 2. The minimum Gasteiger partial charge on any atom is -0.478 e. The highest BCUT2D eigenvalue weighted by molar-refractivity contribution is 6.50. The van der Waals surface area contributed by atoms with Gasteiger partial charge in [-0.3, -0.25) is 9.59 Å². The third-order valence-electron chi connectivity index (χ3n) is 2.79. The van der Waals surface area contributed by atoms with E-state index in [1.807, 2.05) is 0 Å². The Labute approximate surface area is 114 Å². The number of carboxylic acid groups (broad SMARTS) is 1. The predicted molar refractivity (Wildman–Crippen MR) is 72.9 cm³/mol. The molecule has 0 radical (unpaired) electrons. The van der Waals surface area contributed by atoms with Crippen molar-refractivity contribution >= 4 is 23.2 Å². The second kappa shape index (κ2) is 5.36. The number of hydrogen-bond donors (Lipinski definition) is 2. The van der Waals surface area contributed by atoms with E-state index in [1.165, 1.54) is 24.3 Å². The molecule has 0 saturated heterocycles. The molecule has 5 heteroatoms. The van der Waals surface area contributed by atoms with Crippen LogP contribution >= 0.6 is 0 Å². The maximum Gasteiger partial charge on any atom is 0.335 e. The minimum absolute atomic E-state index is 0.00357. The molecule has 2 aromatic rings. The van der Waals surface area contributed by atoms with Gasteiger partial charge < -0.3 is 10.8 Å². The van der Waals surface area contributed by atoms with Crippen molar-refractivity contribution in [1.82, 2.24) is 0 Å². The van der Waals surface area contributed by atoms with Crippen LogP contribution in [0.5, 0.6) is 0 Å². The van der Waals surface area contributed by atoms with Gasteiger partial charge in [-0.25, -0.2) is 4.79 Å². The molecule has 0 aliphatic carbocycles. The smallest absolute Gasteiger partial charge is 0.335 e. The standard InChI is InChI=1S/C15H11NO4/c16-12-8-10(15(19)20)6-7-11(12)14(18)13(17)9-4-2-1-3-5-9/h1-8H,16H2,(H,19,20). The number of nitrogen functional groups attached to an aromatic ring is 1. The van der Waals surface area contributed by atoms with Gasteiger partial charge >= 0.3 is 5.97 Å². The van der Waals surface area contributed by atoms with Crippen molar-refractivity contribution in [3.05, 3.63) is 65.2 Å². The fraction of sp³-hybridized carbons (Fsp3) is 0. The second-order valence-corrected chi connectivity index (χ2v) is 4.13. The van der Waals surface area contributed by atoms with Crippen LogP contribution in [0.2, 0.25) is 0 Å². The van der Waals surface area contributed by atoms with Gasteiger partial charge in [-0.1, -0.05) is 30.3 Å². The van der Waals surface area contributed by atoms with Crippen molar-refractivity contribution in [3.63, 3.8) is 0 Å². The monoisotopic (exact) mass is 269 g/mol. The number of Topliss-reactive ketones (excluding diaryl/α,β-unsaturated/α-hetero) is 2. The van der Waals surface area contributed by atoms with E-state index in [-0.39, 0.29) is 22.4 Å². The van der Waals surface area contributed by atoms with Crippen LogP contribution in [-0.2, 0) is 0 Å². The zero-order valence-electron chi connectivity index (χ0n) is 10.4. The molecule has 0 spiro atoms. The van der Waals surface area contributed by atoms with E-state index in [2.05, 4.69) is 0 Å². The first-order valence-corrected chi connectivity index (χ1v) is 5.77. The summed E-state index contributed by atoms with van der Waals surface area (Å²) in [5, 5.41) is 8.82. The van der Waals surface area contributed by atoms with Gasteiger partial charge in [-0.05, 0) is 18.2 Å². The first kappa shape index (κ1) is 13.5. The largest absolute Gasteiger partial charge is 0.478 e. The summed E-state index contributed by atoms with van der Waals surface area (Å²) in [5.74, 6) is -2.59. The summed E-state index contributed by atoms with van der Waals surface area (Å²) in [6.07, 6.45) is 0. The molecule has 0 aliphatic heterocycles. The summed E-state index contributed by atoms with van der Waals surface area (Å²) in [5.41, 5.74) is 5.84. The van der Waals surface area contributed by atoms with Gasteiger partial charge in [0.05, 0.1) is 5.56 Å². The molecule has 0 aliphatic rings. The molecular formula is C15H11NO4. The van der Waals surface area contributed by atoms with Gasteiger partial charge in [0.2, 0.25) is 11.6 Å². The van der Waals surface area contributed by atoms with E-state index in [0.29, 0.717) is 0 Å². The molecule has 0 fully saturated rings. The van der Waals surface area contributed by atoms with Crippen LogP contribution in [0.25, 0.3) is 0 Å². The lowest BCUT2D eigenvalue weighted by atomic mass is 9.99. The molecule has 0 aromatic heterocycles. The van der Waals surface area contributed by atoms with Crippen molar-refractivity contribution in [3.8, 4) is 0 Å². The maximum atomic E-state index is 12.1. The molecule has 20 heavy (non-hydrogen) atoms. The highest BCUT2D eigenvalue weighted by Crippen LogP contribution is 2.17. The first-order valence-electron chi connectivity index (χ1n) is 5.77. The summed E-state index contributed by atoms with van der Waals surface area (Å²) < 4.78 is 0. The van der Waals surface area contributed by atoms with Crippen molar-refractivity contribution in [1.29, 1.82) is 0 Å². The predicted octanol–water partition coefficient (Wildman–Crippen LogP) is 2.03. The molecule has 100 valence electrons. The van der Waals surface area contributed by atoms with Crippen LogP contribution in [0.3, 0.4) is 0 Å². The van der Waals surface area contributed by atoms with E-state index in [0.717, 1.165) is 6.07 Å². The lowest BCUT2D eigenvalue weighted by Crippen LogP contribution is -2.16. The number of carboxylic acids is 1. The molecule has 5 nitrogen and oxygen atoms in total. The lowest BCUT2D eigenvalue weighted by molar-refractivity contribution is 0.0696. The zero-order chi connectivity index (χ0) is 14.7. The lowest BCUT2D eigenvalue weighted by Gasteiger charge is -2.05. The molecule has 0 bridgehead atoms. The van der Waals surface area contributed by atoms with Crippen LogP contribution in [0, 0.1) is 0 Å². The fourth-order valence-corrected chi connectivity index (χ4v) is 1.75. The second-order valence-electron chi connectivity index (χ2n) is 4.13. The normalized spacial score (nSPS) is 10.0. The number of aromatic carboxylic acids is 1. The Morgan fingerprint density at radius 2 is 1.50 bits per heavy atom. The highest BCUT2D eigenvalue weighted by Gasteiger charge is 2.20.